The highest BCUT2D eigenvalue weighted by Crippen LogP contribution is 2.33. The molecule has 1 atom stereocenters. The van der Waals surface area contributed by atoms with Crippen LogP contribution in [0.1, 0.15) is 25.6 Å². The molecule has 0 saturated carbocycles. The van der Waals surface area contributed by atoms with Crippen molar-refractivity contribution in [1.29, 1.82) is 0 Å². The summed E-state index contributed by atoms with van der Waals surface area (Å²) in [6.45, 7) is 3.61. The van der Waals surface area contributed by atoms with Gasteiger partial charge in [-0.1, -0.05) is 29.8 Å². The molecule has 1 rings (SSSR count). The van der Waals surface area contributed by atoms with Gasteiger partial charge in [-0.3, -0.25) is 0 Å². The van der Waals surface area contributed by atoms with Gasteiger partial charge in [-0.25, -0.2) is 4.39 Å². The van der Waals surface area contributed by atoms with Gasteiger partial charge < -0.3 is 5.32 Å². The Balaban J connectivity index is 3.00. The molecular formula is C11H15ClFN. The minimum Gasteiger partial charge on any atom is -0.312 e. The maximum atomic E-state index is 14.0. The van der Waals surface area contributed by atoms with E-state index in [1.807, 2.05) is 0 Å². The first-order valence-corrected chi connectivity index (χ1v) is 4.94. The number of hydrogen-bond acceptors (Lipinski definition) is 1. The van der Waals surface area contributed by atoms with Crippen molar-refractivity contribution in [3.05, 3.63) is 34.9 Å². The smallest absolute Gasteiger partial charge is 0.144 e. The molecule has 1 aromatic rings. The summed E-state index contributed by atoms with van der Waals surface area (Å²) in [7, 11) is 1.74. The molecule has 1 aromatic carbocycles. The van der Waals surface area contributed by atoms with Crippen molar-refractivity contribution in [3.8, 4) is 0 Å². The van der Waals surface area contributed by atoms with Gasteiger partial charge in [-0.2, -0.15) is 0 Å². The van der Waals surface area contributed by atoms with E-state index in [1.165, 1.54) is 0 Å². The lowest BCUT2D eigenvalue weighted by Gasteiger charge is -2.29. The largest absolute Gasteiger partial charge is 0.312 e. The average Bonchev–Trinajstić information content (AvgIpc) is 2.17. The lowest BCUT2D eigenvalue weighted by Crippen LogP contribution is -2.40. The van der Waals surface area contributed by atoms with Gasteiger partial charge in [0.05, 0.1) is 0 Å². The van der Waals surface area contributed by atoms with Crippen LogP contribution in [0.2, 0.25) is 5.02 Å². The van der Waals surface area contributed by atoms with Crippen LogP contribution in [0.4, 0.5) is 4.39 Å². The van der Waals surface area contributed by atoms with Crippen LogP contribution in [-0.4, -0.2) is 12.6 Å². The Morgan fingerprint density at radius 2 is 1.93 bits per heavy atom. The van der Waals surface area contributed by atoms with Crippen molar-refractivity contribution >= 4 is 11.6 Å². The number of nitrogens with one attached hydrogen (secondary N) is 1. The number of hydrogen-bond donors (Lipinski definition) is 1. The van der Waals surface area contributed by atoms with Crippen LogP contribution in [0.3, 0.4) is 0 Å². The monoisotopic (exact) mass is 215 g/mol. The van der Waals surface area contributed by atoms with Gasteiger partial charge in [0, 0.05) is 16.1 Å². The third-order valence-corrected chi connectivity index (χ3v) is 2.80. The summed E-state index contributed by atoms with van der Waals surface area (Å²) in [5, 5.41) is 3.41. The van der Waals surface area contributed by atoms with Crippen molar-refractivity contribution in [3.63, 3.8) is 0 Å². The van der Waals surface area contributed by atoms with E-state index in [2.05, 4.69) is 5.32 Å². The lowest BCUT2D eigenvalue weighted by molar-refractivity contribution is 0.191. The summed E-state index contributed by atoms with van der Waals surface area (Å²) in [5.74, 6) is 0. The van der Waals surface area contributed by atoms with Gasteiger partial charge in [-0.05, 0) is 27.0 Å². The first-order chi connectivity index (χ1) is 6.49. The molecule has 78 valence electrons. The van der Waals surface area contributed by atoms with E-state index in [1.54, 1.807) is 45.2 Å². The Bertz CT molecular complexity index is 312. The molecular weight excluding hydrogens is 201 g/mol. The number of likely N-dealkylation sites (N-methyl/N-ethyl adjacent to an activating group) is 1. The third-order valence-electron chi connectivity index (χ3n) is 2.46. The lowest BCUT2D eigenvalue weighted by atomic mass is 9.93. The molecule has 0 heterocycles. The zero-order valence-electron chi connectivity index (χ0n) is 8.64. The van der Waals surface area contributed by atoms with Crippen LogP contribution >= 0.6 is 11.6 Å². The summed E-state index contributed by atoms with van der Waals surface area (Å²) in [6.07, 6.45) is -1.11. The Morgan fingerprint density at radius 1 is 1.36 bits per heavy atom. The van der Waals surface area contributed by atoms with Gasteiger partial charge in [0.25, 0.3) is 0 Å². The predicted octanol–water partition coefficient (Wildman–Crippen LogP) is 3.35. The highest BCUT2D eigenvalue weighted by molar-refractivity contribution is 6.31. The van der Waals surface area contributed by atoms with Gasteiger partial charge in [0.2, 0.25) is 0 Å². The Kier molecular flexibility index (Phi) is 3.51. The summed E-state index contributed by atoms with van der Waals surface area (Å²) >= 11 is 5.91. The molecule has 0 saturated heterocycles. The molecule has 0 spiro atoms. The van der Waals surface area contributed by atoms with Gasteiger partial charge >= 0.3 is 0 Å². The van der Waals surface area contributed by atoms with E-state index in [4.69, 9.17) is 11.6 Å². The third kappa shape index (κ3) is 2.25. The maximum Gasteiger partial charge on any atom is 0.144 e. The summed E-state index contributed by atoms with van der Waals surface area (Å²) in [5.41, 5.74) is -0.0705. The zero-order chi connectivity index (χ0) is 10.8. The van der Waals surface area contributed by atoms with Crippen molar-refractivity contribution in [2.45, 2.75) is 25.6 Å². The molecule has 0 bridgehead atoms. The van der Waals surface area contributed by atoms with Crippen LogP contribution in [0.25, 0.3) is 0 Å². The van der Waals surface area contributed by atoms with E-state index in [0.717, 1.165) is 0 Å². The molecule has 0 aliphatic carbocycles. The second kappa shape index (κ2) is 4.28. The Hall–Kier alpha value is -0.600. The predicted molar refractivity (Wildman–Crippen MR) is 58.4 cm³/mol. The fraction of sp³-hybridized carbons (Fsp3) is 0.455. The molecule has 0 fully saturated rings. The van der Waals surface area contributed by atoms with Crippen LogP contribution in [0, 0.1) is 0 Å². The minimum absolute atomic E-state index is 0.475. The van der Waals surface area contributed by atoms with E-state index >= 15 is 0 Å². The first kappa shape index (κ1) is 11.5. The molecule has 1 nitrogen and oxygen atoms in total. The molecule has 0 amide bonds. The maximum absolute atomic E-state index is 14.0. The highest BCUT2D eigenvalue weighted by atomic mass is 35.5. The SMILES string of the molecule is CNC(C)(C)C(F)c1ccccc1Cl. The molecule has 0 aliphatic rings. The first-order valence-electron chi connectivity index (χ1n) is 4.56. The highest BCUT2D eigenvalue weighted by Gasteiger charge is 2.30. The van der Waals surface area contributed by atoms with Crippen molar-refractivity contribution in [2.75, 3.05) is 7.05 Å². The minimum atomic E-state index is -1.11. The van der Waals surface area contributed by atoms with Gasteiger partial charge in [-0.15, -0.1) is 0 Å². The van der Waals surface area contributed by atoms with E-state index in [9.17, 15) is 4.39 Å². The summed E-state index contributed by atoms with van der Waals surface area (Å²) in [6, 6.07) is 7.01. The standard InChI is InChI=1S/C11H15ClFN/c1-11(2,14-3)10(13)8-6-4-5-7-9(8)12/h4-7,10,14H,1-3H3. The molecule has 1 N–H and O–H groups in total. The quantitative estimate of drug-likeness (QED) is 0.816. The number of rotatable bonds is 3. The van der Waals surface area contributed by atoms with Crippen molar-refractivity contribution in [1.82, 2.24) is 5.32 Å². The van der Waals surface area contributed by atoms with Crippen LogP contribution in [0.5, 0.6) is 0 Å². The summed E-state index contributed by atoms with van der Waals surface area (Å²) < 4.78 is 14.0. The van der Waals surface area contributed by atoms with E-state index < -0.39 is 11.7 Å². The molecule has 0 radical (unpaired) electrons. The average molecular weight is 216 g/mol. The normalized spacial score (nSPS) is 14.1. The molecule has 0 aromatic heterocycles. The Morgan fingerprint density at radius 3 is 2.43 bits per heavy atom. The van der Waals surface area contributed by atoms with Gasteiger partial charge in [0.15, 0.2) is 0 Å². The topological polar surface area (TPSA) is 12.0 Å². The molecule has 14 heavy (non-hydrogen) atoms. The molecule has 1 unspecified atom stereocenters. The second-order valence-electron chi connectivity index (χ2n) is 3.86. The second-order valence-corrected chi connectivity index (χ2v) is 4.26. The fourth-order valence-corrected chi connectivity index (χ4v) is 1.43. The zero-order valence-corrected chi connectivity index (χ0v) is 9.40. The Labute approximate surface area is 89.3 Å². The van der Waals surface area contributed by atoms with Gasteiger partial charge in [0.1, 0.15) is 6.17 Å². The van der Waals surface area contributed by atoms with Crippen LogP contribution < -0.4 is 5.32 Å². The number of benzene rings is 1. The number of halogens is 2. The van der Waals surface area contributed by atoms with Crippen LogP contribution in [0.15, 0.2) is 24.3 Å². The van der Waals surface area contributed by atoms with Crippen molar-refractivity contribution in [2.24, 2.45) is 0 Å². The molecule has 0 aliphatic heterocycles. The molecule has 3 heteroatoms. The number of alkyl halides is 1. The fourth-order valence-electron chi connectivity index (χ4n) is 1.20. The van der Waals surface area contributed by atoms with Crippen LogP contribution in [-0.2, 0) is 0 Å². The summed E-state index contributed by atoms with van der Waals surface area (Å²) in [4.78, 5) is 0. The van der Waals surface area contributed by atoms with Crippen molar-refractivity contribution < 1.29 is 4.39 Å². The van der Waals surface area contributed by atoms with E-state index in [0.29, 0.717) is 10.6 Å². The van der Waals surface area contributed by atoms with E-state index in [-0.39, 0.29) is 0 Å².